The van der Waals surface area contributed by atoms with Gasteiger partial charge < -0.3 is 15.5 Å². The van der Waals surface area contributed by atoms with Gasteiger partial charge >= 0.3 is 6.03 Å². The fourth-order valence-electron chi connectivity index (χ4n) is 2.09. The van der Waals surface area contributed by atoms with E-state index in [4.69, 9.17) is 0 Å². The molecule has 0 aliphatic rings. The predicted octanol–water partition coefficient (Wildman–Crippen LogP) is 1.63. The smallest absolute Gasteiger partial charge is 0.319 e. The van der Waals surface area contributed by atoms with Crippen molar-refractivity contribution in [3.05, 3.63) is 41.5 Å². The molecule has 1 heterocycles. The van der Waals surface area contributed by atoms with E-state index in [1.54, 1.807) is 40.1 Å². The van der Waals surface area contributed by atoms with Crippen molar-refractivity contribution < 1.29 is 9.59 Å². The molecule has 3 amide bonds. The average molecular weight is 330 g/mol. The van der Waals surface area contributed by atoms with Crippen LogP contribution in [0.2, 0.25) is 0 Å². The van der Waals surface area contributed by atoms with Crippen LogP contribution in [-0.4, -0.2) is 46.1 Å². The predicted molar refractivity (Wildman–Crippen MR) is 90.5 cm³/mol. The van der Waals surface area contributed by atoms with E-state index in [2.05, 4.69) is 25.8 Å². The monoisotopic (exact) mass is 330 g/mol. The zero-order valence-electron chi connectivity index (χ0n) is 14.3. The van der Waals surface area contributed by atoms with E-state index in [1.165, 1.54) is 4.90 Å². The fourth-order valence-corrected chi connectivity index (χ4v) is 2.09. The van der Waals surface area contributed by atoms with Crippen molar-refractivity contribution in [2.24, 2.45) is 0 Å². The van der Waals surface area contributed by atoms with Gasteiger partial charge in [-0.2, -0.15) is 5.10 Å². The Kier molecular flexibility index (Phi) is 5.51. The van der Waals surface area contributed by atoms with E-state index in [0.717, 1.165) is 5.56 Å². The van der Waals surface area contributed by atoms with Gasteiger partial charge in [0.1, 0.15) is 5.82 Å². The number of hydrogen-bond donors (Lipinski definition) is 3. The molecule has 2 rings (SSSR count). The van der Waals surface area contributed by atoms with Gasteiger partial charge in [-0.05, 0) is 25.5 Å². The summed E-state index contributed by atoms with van der Waals surface area (Å²) in [6.07, 6.45) is 0.221. The first-order valence-electron chi connectivity index (χ1n) is 7.61. The molecule has 8 heteroatoms. The summed E-state index contributed by atoms with van der Waals surface area (Å²) in [6, 6.07) is 6.50. The Labute approximate surface area is 140 Å². The highest BCUT2D eigenvalue weighted by Crippen LogP contribution is 2.16. The molecule has 0 bridgehead atoms. The van der Waals surface area contributed by atoms with Gasteiger partial charge in [-0.15, -0.1) is 0 Å². The zero-order valence-corrected chi connectivity index (χ0v) is 14.3. The van der Waals surface area contributed by atoms with Crippen LogP contribution >= 0.6 is 0 Å². The van der Waals surface area contributed by atoms with Crippen molar-refractivity contribution in [1.29, 1.82) is 0 Å². The minimum Gasteiger partial charge on any atom is -0.349 e. The number of rotatable bonds is 5. The fraction of sp³-hybridized carbons (Fsp3) is 0.375. The standard InChI is InChI=1S/C16H22N6O2/c1-10(15-18-11(2)20-21-15)17-16(24)19-13-8-6-5-7-12(13)9-14(23)22(3)4/h5-8,10H,9H2,1-4H3,(H2,17,19,24)(H,18,20,21). The van der Waals surface area contributed by atoms with E-state index >= 15 is 0 Å². The van der Waals surface area contributed by atoms with Crippen molar-refractivity contribution in [2.75, 3.05) is 19.4 Å². The summed E-state index contributed by atoms with van der Waals surface area (Å²) in [4.78, 5) is 29.8. The molecule has 24 heavy (non-hydrogen) atoms. The lowest BCUT2D eigenvalue weighted by Gasteiger charge is -2.15. The second-order valence-electron chi connectivity index (χ2n) is 5.72. The molecule has 1 atom stereocenters. The molecule has 0 saturated heterocycles. The van der Waals surface area contributed by atoms with Gasteiger partial charge in [0.15, 0.2) is 5.82 Å². The second-order valence-corrected chi connectivity index (χ2v) is 5.72. The molecule has 128 valence electrons. The van der Waals surface area contributed by atoms with Crippen molar-refractivity contribution in [3.63, 3.8) is 0 Å². The Morgan fingerprint density at radius 3 is 2.62 bits per heavy atom. The molecule has 8 nitrogen and oxygen atoms in total. The number of H-pyrrole nitrogens is 1. The maximum Gasteiger partial charge on any atom is 0.319 e. The van der Waals surface area contributed by atoms with Crippen molar-refractivity contribution in [3.8, 4) is 0 Å². The van der Waals surface area contributed by atoms with Gasteiger partial charge in [0.05, 0.1) is 12.5 Å². The Hall–Kier alpha value is -2.90. The number of aromatic nitrogens is 3. The lowest BCUT2D eigenvalue weighted by Crippen LogP contribution is -2.32. The lowest BCUT2D eigenvalue weighted by molar-refractivity contribution is -0.127. The first-order valence-corrected chi connectivity index (χ1v) is 7.61. The van der Waals surface area contributed by atoms with Crippen LogP contribution in [0.25, 0.3) is 0 Å². The third kappa shape index (κ3) is 4.55. The van der Waals surface area contributed by atoms with Crippen LogP contribution in [0, 0.1) is 6.92 Å². The van der Waals surface area contributed by atoms with E-state index < -0.39 is 0 Å². The Bertz CT molecular complexity index is 725. The molecular weight excluding hydrogens is 308 g/mol. The number of aryl methyl sites for hydroxylation is 1. The highest BCUT2D eigenvalue weighted by molar-refractivity contribution is 5.91. The summed E-state index contributed by atoms with van der Waals surface area (Å²) in [6.45, 7) is 3.59. The van der Waals surface area contributed by atoms with Gasteiger partial charge in [0.2, 0.25) is 5.91 Å². The van der Waals surface area contributed by atoms with Crippen LogP contribution in [0.5, 0.6) is 0 Å². The summed E-state index contributed by atoms with van der Waals surface area (Å²) >= 11 is 0. The van der Waals surface area contributed by atoms with Crippen LogP contribution in [0.4, 0.5) is 10.5 Å². The number of carbonyl (C=O) groups excluding carboxylic acids is 2. The molecule has 1 unspecified atom stereocenters. The van der Waals surface area contributed by atoms with Gasteiger partial charge in [-0.3, -0.25) is 9.89 Å². The molecule has 3 N–H and O–H groups in total. The number of anilines is 1. The SMILES string of the molecule is Cc1nc(C(C)NC(=O)Nc2ccccc2CC(=O)N(C)C)n[nH]1. The highest BCUT2D eigenvalue weighted by atomic mass is 16.2. The zero-order chi connectivity index (χ0) is 17.7. The number of hydrogen-bond acceptors (Lipinski definition) is 4. The summed E-state index contributed by atoms with van der Waals surface area (Å²) in [5.41, 5.74) is 1.36. The third-order valence-corrected chi connectivity index (χ3v) is 3.46. The summed E-state index contributed by atoms with van der Waals surface area (Å²) < 4.78 is 0. The van der Waals surface area contributed by atoms with Gasteiger partial charge in [-0.25, -0.2) is 9.78 Å². The maximum atomic E-state index is 12.2. The van der Waals surface area contributed by atoms with Crippen LogP contribution < -0.4 is 10.6 Å². The van der Waals surface area contributed by atoms with Crippen LogP contribution in [0.1, 0.15) is 30.2 Å². The number of nitrogens with zero attached hydrogens (tertiary/aromatic N) is 3. The van der Waals surface area contributed by atoms with Crippen LogP contribution in [0.3, 0.4) is 0 Å². The molecule has 0 saturated carbocycles. The number of aromatic amines is 1. The van der Waals surface area contributed by atoms with Crippen molar-refractivity contribution in [2.45, 2.75) is 26.3 Å². The third-order valence-electron chi connectivity index (χ3n) is 3.46. The van der Waals surface area contributed by atoms with Crippen LogP contribution in [0.15, 0.2) is 24.3 Å². The van der Waals surface area contributed by atoms with Gasteiger partial charge in [-0.1, -0.05) is 18.2 Å². The average Bonchev–Trinajstić information content (AvgIpc) is 2.95. The largest absolute Gasteiger partial charge is 0.349 e. The van der Waals surface area contributed by atoms with E-state index in [1.807, 2.05) is 12.1 Å². The quantitative estimate of drug-likeness (QED) is 0.775. The molecule has 0 spiro atoms. The normalized spacial score (nSPS) is 11.7. The number of benzene rings is 1. The van der Waals surface area contributed by atoms with Crippen LogP contribution in [-0.2, 0) is 11.2 Å². The van der Waals surface area contributed by atoms with Crippen molar-refractivity contribution >= 4 is 17.6 Å². The Balaban J connectivity index is 2.02. The number of nitrogens with one attached hydrogen (secondary N) is 3. The van der Waals surface area contributed by atoms with E-state index in [-0.39, 0.29) is 24.4 Å². The van der Waals surface area contributed by atoms with Crippen molar-refractivity contribution in [1.82, 2.24) is 25.4 Å². The number of amides is 3. The second kappa shape index (κ2) is 7.58. The Morgan fingerprint density at radius 2 is 2.00 bits per heavy atom. The summed E-state index contributed by atoms with van der Waals surface area (Å²) in [7, 11) is 3.40. The van der Waals surface area contributed by atoms with E-state index in [0.29, 0.717) is 17.3 Å². The molecule has 1 aromatic carbocycles. The number of carbonyl (C=O) groups is 2. The maximum absolute atomic E-state index is 12.2. The molecule has 1 aromatic heterocycles. The van der Waals surface area contributed by atoms with Gasteiger partial charge in [0, 0.05) is 19.8 Å². The van der Waals surface area contributed by atoms with E-state index in [9.17, 15) is 9.59 Å². The topological polar surface area (TPSA) is 103 Å². The number of urea groups is 1. The molecule has 0 aliphatic carbocycles. The first kappa shape index (κ1) is 17.5. The summed E-state index contributed by atoms with van der Waals surface area (Å²) in [5.74, 6) is 1.17. The van der Waals surface area contributed by atoms with Gasteiger partial charge in [0.25, 0.3) is 0 Å². The minimum absolute atomic E-state index is 0.0331. The minimum atomic E-state index is -0.380. The molecule has 0 radical (unpaired) electrons. The number of para-hydroxylation sites is 1. The first-order chi connectivity index (χ1) is 11.4. The Morgan fingerprint density at radius 1 is 1.29 bits per heavy atom. The number of likely N-dealkylation sites (N-methyl/N-ethyl adjacent to an activating group) is 1. The molecular formula is C16H22N6O2. The molecule has 0 aliphatic heterocycles. The molecule has 2 aromatic rings. The highest BCUT2D eigenvalue weighted by Gasteiger charge is 2.15. The summed E-state index contributed by atoms with van der Waals surface area (Å²) in [5, 5.41) is 12.3. The molecule has 0 fully saturated rings. The lowest BCUT2D eigenvalue weighted by atomic mass is 10.1.